The Labute approximate surface area is 102 Å². The van der Waals surface area contributed by atoms with Gasteiger partial charge in [-0.25, -0.2) is 0 Å². The van der Waals surface area contributed by atoms with Gasteiger partial charge in [-0.3, -0.25) is 0 Å². The predicted molar refractivity (Wildman–Crippen MR) is 73.5 cm³/mol. The summed E-state index contributed by atoms with van der Waals surface area (Å²) in [4.78, 5) is 0. The molecule has 0 aromatic rings. The molecule has 16 heavy (non-hydrogen) atoms. The Morgan fingerprint density at radius 3 is 2.12 bits per heavy atom. The summed E-state index contributed by atoms with van der Waals surface area (Å²) in [5.41, 5.74) is 5.78. The molecule has 0 saturated heterocycles. The van der Waals surface area contributed by atoms with Crippen LogP contribution in [0, 0.1) is 23.7 Å². The van der Waals surface area contributed by atoms with E-state index in [0.29, 0.717) is 5.92 Å². The van der Waals surface area contributed by atoms with Gasteiger partial charge >= 0.3 is 0 Å². The quantitative estimate of drug-likeness (QED) is 0.596. The van der Waals surface area contributed by atoms with Gasteiger partial charge < -0.3 is 11.1 Å². The number of nitrogens with one attached hydrogen (secondary N) is 1. The third-order valence-electron chi connectivity index (χ3n) is 3.47. The molecular weight excluding hydrogens is 196 g/mol. The van der Waals surface area contributed by atoms with Gasteiger partial charge in [0.25, 0.3) is 0 Å². The third-order valence-corrected chi connectivity index (χ3v) is 3.47. The second-order valence-electron chi connectivity index (χ2n) is 5.95. The van der Waals surface area contributed by atoms with E-state index in [0.717, 1.165) is 37.4 Å². The molecule has 0 aliphatic carbocycles. The zero-order valence-corrected chi connectivity index (χ0v) is 11.9. The SMILES string of the molecule is CC(C)CC(CN)CCNCC(C)C(C)C. The lowest BCUT2D eigenvalue weighted by molar-refractivity contribution is 0.359. The molecule has 3 N–H and O–H groups in total. The largest absolute Gasteiger partial charge is 0.330 e. The van der Waals surface area contributed by atoms with Crippen LogP contribution in [0.2, 0.25) is 0 Å². The van der Waals surface area contributed by atoms with E-state index in [1.165, 1.54) is 12.8 Å². The van der Waals surface area contributed by atoms with Gasteiger partial charge in [-0.15, -0.1) is 0 Å². The van der Waals surface area contributed by atoms with Gasteiger partial charge in [0.15, 0.2) is 0 Å². The third kappa shape index (κ3) is 8.12. The number of nitrogens with two attached hydrogens (primary N) is 1. The highest BCUT2D eigenvalue weighted by Gasteiger charge is 2.10. The molecule has 0 rings (SSSR count). The lowest BCUT2D eigenvalue weighted by Gasteiger charge is -2.19. The Hall–Kier alpha value is -0.0800. The van der Waals surface area contributed by atoms with Crippen molar-refractivity contribution < 1.29 is 0 Å². The van der Waals surface area contributed by atoms with Gasteiger partial charge in [-0.05, 0) is 56.1 Å². The van der Waals surface area contributed by atoms with Crippen LogP contribution in [0.15, 0.2) is 0 Å². The highest BCUT2D eigenvalue weighted by atomic mass is 14.9. The fourth-order valence-corrected chi connectivity index (χ4v) is 1.87. The molecule has 0 fully saturated rings. The van der Waals surface area contributed by atoms with Crippen molar-refractivity contribution in [2.24, 2.45) is 29.4 Å². The first-order chi connectivity index (χ1) is 7.47. The Balaban J connectivity index is 3.55. The van der Waals surface area contributed by atoms with Crippen LogP contribution in [0.4, 0.5) is 0 Å². The molecule has 0 bridgehead atoms. The molecule has 0 radical (unpaired) electrons. The first kappa shape index (κ1) is 15.9. The molecule has 2 heteroatoms. The molecule has 0 aromatic carbocycles. The summed E-state index contributed by atoms with van der Waals surface area (Å²) in [7, 11) is 0. The Morgan fingerprint density at radius 2 is 1.69 bits per heavy atom. The average molecular weight is 228 g/mol. The summed E-state index contributed by atoms with van der Waals surface area (Å²) in [6, 6.07) is 0. The van der Waals surface area contributed by atoms with Gasteiger partial charge in [0, 0.05) is 0 Å². The first-order valence-corrected chi connectivity index (χ1v) is 6.88. The second-order valence-corrected chi connectivity index (χ2v) is 5.95. The van der Waals surface area contributed by atoms with E-state index in [4.69, 9.17) is 5.73 Å². The van der Waals surface area contributed by atoms with Crippen LogP contribution in [-0.2, 0) is 0 Å². The smallest absolute Gasteiger partial charge is 0.00207 e. The van der Waals surface area contributed by atoms with Crippen molar-refractivity contribution in [3.8, 4) is 0 Å². The zero-order valence-electron chi connectivity index (χ0n) is 11.9. The lowest BCUT2D eigenvalue weighted by atomic mass is 9.94. The maximum atomic E-state index is 5.78. The Morgan fingerprint density at radius 1 is 1.06 bits per heavy atom. The normalized spacial score (nSPS) is 15.8. The van der Waals surface area contributed by atoms with E-state index in [-0.39, 0.29) is 0 Å². The number of hydrogen-bond donors (Lipinski definition) is 2. The standard InChI is InChI=1S/C14H32N2/c1-11(2)8-14(9-15)6-7-16-10-13(5)12(3)4/h11-14,16H,6-10,15H2,1-5H3. The van der Waals surface area contributed by atoms with Gasteiger partial charge in [-0.1, -0.05) is 34.6 Å². The molecule has 2 atom stereocenters. The van der Waals surface area contributed by atoms with E-state index in [2.05, 4.69) is 39.9 Å². The number of hydrogen-bond acceptors (Lipinski definition) is 2. The fourth-order valence-electron chi connectivity index (χ4n) is 1.87. The molecule has 0 aromatic heterocycles. The van der Waals surface area contributed by atoms with E-state index in [9.17, 15) is 0 Å². The molecule has 0 spiro atoms. The molecule has 0 heterocycles. The molecule has 98 valence electrons. The lowest BCUT2D eigenvalue weighted by Crippen LogP contribution is -2.28. The fraction of sp³-hybridized carbons (Fsp3) is 1.00. The zero-order chi connectivity index (χ0) is 12.6. The minimum Gasteiger partial charge on any atom is -0.330 e. The van der Waals surface area contributed by atoms with E-state index in [1.807, 2.05) is 0 Å². The maximum absolute atomic E-state index is 5.78. The topological polar surface area (TPSA) is 38.0 Å². The molecular formula is C14H32N2. The molecule has 2 unspecified atom stereocenters. The summed E-state index contributed by atoms with van der Waals surface area (Å²) in [5, 5.41) is 3.55. The van der Waals surface area contributed by atoms with Crippen LogP contribution in [0.5, 0.6) is 0 Å². The highest BCUT2D eigenvalue weighted by molar-refractivity contribution is 4.66. The van der Waals surface area contributed by atoms with E-state index >= 15 is 0 Å². The van der Waals surface area contributed by atoms with Crippen molar-refractivity contribution in [2.75, 3.05) is 19.6 Å². The minimum atomic E-state index is 0.696. The monoisotopic (exact) mass is 228 g/mol. The summed E-state index contributed by atoms with van der Waals surface area (Å²) >= 11 is 0. The minimum absolute atomic E-state index is 0.696. The van der Waals surface area contributed by atoms with Gasteiger partial charge in [0.05, 0.1) is 0 Å². The average Bonchev–Trinajstić information content (AvgIpc) is 2.21. The Bertz CT molecular complexity index is 155. The van der Waals surface area contributed by atoms with Crippen LogP contribution >= 0.6 is 0 Å². The van der Waals surface area contributed by atoms with Crippen molar-refractivity contribution in [1.82, 2.24) is 5.32 Å². The van der Waals surface area contributed by atoms with Crippen LogP contribution in [-0.4, -0.2) is 19.6 Å². The van der Waals surface area contributed by atoms with Gasteiger partial charge in [0.1, 0.15) is 0 Å². The first-order valence-electron chi connectivity index (χ1n) is 6.88. The van der Waals surface area contributed by atoms with E-state index in [1.54, 1.807) is 0 Å². The molecule has 0 aliphatic heterocycles. The van der Waals surface area contributed by atoms with Crippen LogP contribution in [0.25, 0.3) is 0 Å². The van der Waals surface area contributed by atoms with Gasteiger partial charge in [-0.2, -0.15) is 0 Å². The summed E-state index contributed by atoms with van der Waals surface area (Å²) in [6.45, 7) is 14.5. The second kappa shape index (κ2) is 9.00. The summed E-state index contributed by atoms with van der Waals surface area (Å²) < 4.78 is 0. The maximum Gasteiger partial charge on any atom is -0.00207 e. The highest BCUT2D eigenvalue weighted by Crippen LogP contribution is 2.13. The molecule has 0 saturated carbocycles. The van der Waals surface area contributed by atoms with Crippen LogP contribution in [0.3, 0.4) is 0 Å². The molecule has 2 nitrogen and oxygen atoms in total. The Kier molecular flexibility index (Phi) is 8.96. The van der Waals surface area contributed by atoms with Crippen molar-refractivity contribution in [3.63, 3.8) is 0 Å². The van der Waals surface area contributed by atoms with Crippen LogP contribution in [0.1, 0.15) is 47.5 Å². The number of rotatable bonds is 9. The van der Waals surface area contributed by atoms with Crippen molar-refractivity contribution in [1.29, 1.82) is 0 Å². The summed E-state index contributed by atoms with van der Waals surface area (Å²) in [5.74, 6) is 3.00. The van der Waals surface area contributed by atoms with Gasteiger partial charge in [0.2, 0.25) is 0 Å². The van der Waals surface area contributed by atoms with Crippen molar-refractivity contribution in [2.45, 2.75) is 47.5 Å². The summed E-state index contributed by atoms with van der Waals surface area (Å²) in [6.07, 6.45) is 2.48. The van der Waals surface area contributed by atoms with Crippen LogP contribution < -0.4 is 11.1 Å². The van der Waals surface area contributed by atoms with Crippen molar-refractivity contribution in [3.05, 3.63) is 0 Å². The van der Waals surface area contributed by atoms with Crippen molar-refractivity contribution >= 4 is 0 Å². The molecule has 0 aliphatic rings. The predicted octanol–water partition coefficient (Wildman–Crippen LogP) is 2.88. The van der Waals surface area contributed by atoms with E-state index < -0.39 is 0 Å². The molecule has 0 amide bonds.